The van der Waals surface area contributed by atoms with E-state index in [1.54, 1.807) is 26.1 Å². The molecule has 2 heterocycles. The van der Waals surface area contributed by atoms with Crippen LogP contribution in [0.5, 0.6) is 0 Å². The number of imide groups is 1. The largest absolute Gasteiger partial charge is 0.467 e. The van der Waals surface area contributed by atoms with Gasteiger partial charge in [-0.25, -0.2) is 9.18 Å². The topological polar surface area (TPSA) is 82.9 Å². The van der Waals surface area contributed by atoms with Gasteiger partial charge in [-0.05, 0) is 36.2 Å². The van der Waals surface area contributed by atoms with Crippen molar-refractivity contribution in [1.82, 2.24) is 15.1 Å². The molecular formula is C19H20FN3O4. The monoisotopic (exact) mass is 373 g/mol. The summed E-state index contributed by atoms with van der Waals surface area (Å²) in [4.78, 5) is 40.1. The molecule has 1 aliphatic rings. The Kier molecular flexibility index (Phi) is 4.98. The first-order valence-corrected chi connectivity index (χ1v) is 8.54. The van der Waals surface area contributed by atoms with Gasteiger partial charge in [-0.3, -0.25) is 14.5 Å². The summed E-state index contributed by atoms with van der Waals surface area (Å²) >= 11 is 0. The lowest BCUT2D eigenvalue weighted by Crippen LogP contribution is -2.45. The van der Waals surface area contributed by atoms with Crippen LogP contribution < -0.4 is 5.32 Å². The molecule has 1 N–H and O–H groups in total. The van der Waals surface area contributed by atoms with E-state index in [1.807, 2.05) is 0 Å². The molecular weight excluding hydrogens is 353 g/mol. The fraction of sp³-hybridized carbons (Fsp3) is 0.316. The van der Waals surface area contributed by atoms with Crippen LogP contribution >= 0.6 is 0 Å². The highest BCUT2D eigenvalue weighted by Crippen LogP contribution is 2.32. The van der Waals surface area contributed by atoms with Crippen molar-refractivity contribution in [2.75, 3.05) is 13.6 Å². The number of amides is 4. The Bertz CT molecular complexity index is 850. The molecule has 2 aromatic rings. The molecule has 0 saturated carbocycles. The van der Waals surface area contributed by atoms with Crippen LogP contribution in [0.15, 0.2) is 47.1 Å². The van der Waals surface area contributed by atoms with Crippen LogP contribution in [0.4, 0.5) is 9.18 Å². The molecule has 1 atom stereocenters. The maximum atomic E-state index is 13.2. The summed E-state index contributed by atoms with van der Waals surface area (Å²) in [6.45, 7) is 1.59. The summed E-state index contributed by atoms with van der Waals surface area (Å²) in [5, 5.41) is 2.67. The fourth-order valence-electron chi connectivity index (χ4n) is 3.12. The van der Waals surface area contributed by atoms with Crippen molar-refractivity contribution in [3.8, 4) is 0 Å². The van der Waals surface area contributed by atoms with Gasteiger partial charge in [0.15, 0.2) is 0 Å². The highest BCUT2D eigenvalue weighted by molar-refractivity contribution is 6.09. The quantitative estimate of drug-likeness (QED) is 0.787. The van der Waals surface area contributed by atoms with Gasteiger partial charge in [0, 0.05) is 7.05 Å². The normalized spacial score (nSPS) is 19.3. The van der Waals surface area contributed by atoms with E-state index >= 15 is 0 Å². The van der Waals surface area contributed by atoms with E-state index in [2.05, 4.69) is 5.32 Å². The summed E-state index contributed by atoms with van der Waals surface area (Å²) in [5.74, 6) is -0.770. The summed E-state index contributed by atoms with van der Waals surface area (Å²) in [6.07, 6.45) is 1.78. The molecule has 0 bridgehead atoms. The first-order valence-electron chi connectivity index (χ1n) is 8.54. The molecule has 1 aliphatic heterocycles. The summed E-state index contributed by atoms with van der Waals surface area (Å²) in [6, 6.07) is 8.19. The molecule has 1 fully saturated rings. The zero-order chi connectivity index (χ0) is 19.6. The van der Waals surface area contributed by atoms with E-state index in [-0.39, 0.29) is 19.5 Å². The second-order valence-corrected chi connectivity index (χ2v) is 6.42. The second kappa shape index (κ2) is 7.22. The van der Waals surface area contributed by atoms with Crippen molar-refractivity contribution in [3.63, 3.8) is 0 Å². The fourth-order valence-corrected chi connectivity index (χ4v) is 3.12. The Hall–Kier alpha value is -3.16. The zero-order valence-electron chi connectivity index (χ0n) is 15.1. The lowest BCUT2D eigenvalue weighted by molar-refractivity contribution is -0.139. The smallest absolute Gasteiger partial charge is 0.325 e. The Morgan fingerprint density at radius 2 is 1.96 bits per heavy atom. The lowest BCUT2D eigenvalue weighted by Gasteiger charge is -2.26. The van der Waals surface area contributed by atoms with Crippen molar-refractivity contribution in [2.45, 2.75) is 25.4 Å². The van der Waals surface area contributed by atoms with Crippen molar-refractivity contribution >= 4 is 17.8 Å². The Morgan fingerprint density at radius 1 is 1.26 bits per heavy atom. The zero-order valence-corrected chi connectivity index (χ0v) is 15.1. The Morgan fingerprint density at radius 3 is 2.56 bits per heavy atom. The number of urea groups is 1. The van der Waals surface area contributed by atoms with E-state index in [9.17, 15) is 18.8 Å². The van der Waals surface area contributed by atoms with Crippen LogP contribution in [0, 0.1) is 5.82 Å². The van der Waals surface area contributed by atoms with E-state index in [0.717, 1.165) is 4.90 Å². The molecule has 4 amide bonds. The third kappa shape index (κ3) is 3.42. The first kappa shape index (κ1) is 18.6. The molecule has 0 aliphatic carbocycles. The van der Waals surface area contributed by atoms with Crippen LogP contribution in [0.3, 0.4) is 0 Å². The van der Waals surface area contributed by atoms with Gasteiger partial charge >= 0.3 is 6.03 Å². The summed E-state index contributed by atoms with van der Waals surface area (Å²) in [7, 11) is 1.57. The number of hydrogen-bond donors (Lipinski definition) is 1. The number of nitrogens with zero attached hydrogens (tertiary/aromatic N) is 2. The van der Waals surface area contributed by atoms with Crippen LogP contribution in [-0.4, -0.2) is 41.2 Å². The average Bonchev–Trinajstić information content (AvgIpc) is 3.24. The van der Waals surface area contributed by atoms with E-state index in [4.69, 9.17) is 4.42 Å². The number of halogens is 1. The number of benzene rings is 1. The number of carbonyl (C=O) groups excluding carboxylic acids is 3. The average molecular weight is 373 g/mol. The molecule has 0 unspecified atom stereocenters. The minimum Gasteiger partial charge on any atom is -0.467 e. The van der Waals surface area contributed by atoms with Crippen molar-refractivity contribution < 1.29 is 23.2 Å². The van der Waals surface area contributed by atoms with Crippen LogP contribution in [0.1, 0.15) is 24.7 Å². The third-order valence-corrected chi connectivity index (χ3v) is 4.74. The van der Waals surface area contributed by atoms with Crippen LogP contribution in [0.2, 0.25) is 0 Å². The summed E-state index contributed by atoms with van der Waals surface area (Å²) in [5.41, 5.74) is -0.825. The third-order valence-electron chi connectivity index (χ3n) is 4.74. The van der Waals surface area contributed by atoms with Crippen molar-refractivity contribution in [2.24, 2.45) is 0 Å². The number of likely N-dealkylation sites (N-methyl/N-ethyl adjacent to an activating group) is 1. The van der Waals surface area contributed by atoms with Crippen LogP contribution in [0.25, 0.3) is 0 Å². The minimum atomic E-state index is -1.30. The molecule has 0 radical (unpaired) electrons. The molecule has 8 heteroatoms. The molecule has 27 heavy (non-hydrogen) atoms. The Labute approximate surface area is 155 Å². The first-order chi connectivity index (χ1) is 12.9. The van der Waals surface area contributed by atoms with Gasteiger partial charge in [0.05, 0.1) is 12.8 Å². The molecule has 1 aromatic heterocycles. The molecule has 0 spiro atoms. The van der Waals surface area contributed by atoms with Crippen LogP contribution in [-0.2, 0) is 21.7 Å². The SMILES string of the molecule is CC[C@]1(c2ccc(F)cc2)NC(=O)N(CC(=O)N(C)Cc2ccco2)C1=O. The second-order valence-electron chi connectivity index (χ2n) is 6.42. The minimum absolute atomic E-state index is 0.229. The van der Waals surface area contributed by atoms with E-state index < -0.39 is 29.2 Å². The molecule has 3 rings (SSSR count). The van der Waals surface area contributed by atoms with Gasteiger partial charge in [-0.2, -0.15) is 0 Å². The van der Waals surface area contributed by atoms with Gasteiger partial charge in [-0.1, -0.05) is 19.1 Å². The van der Waals surface area contributed by atoms with Gasteiger partial charge in [0.2, 0.25) is 5.91 Å². The highest BCUT2D eigenvalue weighted by atomic mass is 19.1. The lowest BCUT2D eigenvalue weighted by atomic mass is 9.87. The highest BCUT2D eigenvalue weighted by Gasteiger charge is 2.51. The van der Waals surface area contributed by atoms with Gasteiger partial charge in [-0.15, -0.1) is 0 Å². The number of carbonyl (C=O) groups is 3. The standard InChI is InChI=1S/C19H20FN3O4/c1-3-19(13-6-8-14(20)9-7-13)17(25)23(18(26)21-19)12-16(24)22(2)11-15-5-4-10-27-15/h4-10H,3,11-12H2,1-2H3,(H,21,26)/t19-/m1/s1. The predicted molar refractivity (Wildman–Crippen MR) is 93.8 cm³/mol. The van der Waals surface area contributed by atoms with Gasteiger partial charge in [0.1, 0.15) is 23.7 Å². The molecule has 1 aromatic carbocycles. The van der Waals surface area contributed by atoms with Gasteiger partial charge < -0.3 is 14.6 Å². The van der Waals surface area contributed by atoms with Gasteiger partial charge in [0.25, 0.3) is 5.91 Å². The maximum absolute atomic E-state index is 13.2. The number of hydrogen-bond acceptors (Lipinski definition) is 4. The molecule has 1 saturated heterocycles. The predicted octanol–water partition coefficient (Wildman–Crippen LogP) is 2.23. The maximum Gasteiger partial charge on any atom is 0.325 e. The number of nitrogens with one attached hydrogen (secondary N) is 1. The van der Waals surface area contributed by atoms with E-state index in [0.29, 0.717) is 11.3 Å². The van der Waals surface area contributed by atoms with Crippen molar-refractivity contribution in [3.05, 3.63) is 59.8 Å². The van der Waals surface area contributed by atoms with Crippen molar-refractivity contribution in [1.29, 1.82) is 0 Å². The Balaban J connectivity index is 1.76. The summed E-state index contributed by atoms with van der Waals surface area (Å²) < 4.78 is 18.4. The molecule has 142 valence electrons. The van der Waals surface area contributed by atoms with E-state index in [1.165, 1.54) is 35.4 Å². The number of furan rings is 1. The molecule has 7 nitrogen and oxygen atoms in total. The number of rotatable bonds is 6.